The van der Waals surface area contributed by atoms with Crippen LogP contribution in [0.2, 0.25) is 0 Å². The Balaban J connectivity index is 2.04. The quantitative estimate of drug-likeness (QED) is 0.486. The molecule has 0 radical (unpaired) electrons. The molecule has 2 aliphatic heterocycles. The summed E-state index contributed by atoms with van der Waals surface area (Å²) in [4.78, 5) is 0. The molecule has 0 aromatic heterocycles. The first kappa shape index (κ1) is 5.09. The van der Waals surface area contributed by atoms with E-state index in [1.807, 2.05) is 0 Å². The van der Waals surface area contributed by atoms with Gasteiger partial charge in [-0.2, -0.15) is 0 Å². The molecule has 0 spiro atoms. The Hall–Kier alpha value is 0.270. The first-order chi connectivity index (χ1) is 3.97. The molecule has 2 heterocycles. The van der Waals surface area contributed by atoms with Gasteiger partial charge in [0.15, 0.2) is 0 Å². The topological polar surface area (TPSA) is 18.5 Å². The molecule has 2 aliphatic rings. The summed E-state index contributed by atoms with van der Waals surface area (Å²) in [7, 11) is 0. The van der Waals surface area contributed by atoms with Gasteiger partial charge in [0.25, 0.3) is 0 Å². The predicted molar refractivity (Wildman–Crippen MR) is 31.7 cm³/mol. The van der Waals surface area contributed by atoms with E-state index in [0.29, 0.717) is 11.5 Å². The van der Waals surface area contributed by atoms with E-state index in [-0.39, 0.29) is 0 Å². The molecule has 8 heavy (non-hydrogen) atoms. The van der Waals surface area contributed by atoms with Crippen molar-refractivity contribution >= 4 is 11.8 Å². The highest BCUT2D eigenvalue weighted by molar-refractivity contribution is 7.99. The molecule has 0 saturated carbocycles. The zero-order chi connectivity index (χ0) is 5.40. The Morgan fingerprint density at radius 3 is 3.25 bits per heavy atom. The smallest absolute Gasteiger partial charge is 0.131 e. The van der Waals surface area contributed by atoms with Crippen LogP contribution < -0.4 is 0 Å². The first-order valence-electron chi connectivity index (χ1n) is 2.81. The van der Waals surface area contributed by atoms with Crippen molar-refractivity contribution in [1.82, 2.24) is 0 Å². The minimum Gasteiger partial charge on any atom is -0.365 e. The molecule has 0 aromatic rings. The predicted octanol–water partition coefficient (Wildman–Crippen LogP) is 0.822. The molecule has 3 heteroatoms. The Kier molecular flexibility index (Phi) is 1.21. The molecule has 2 atom stereocenters. The van der Waals surface area contributed by atoms with E-state index in [4.69, 9.17) is 9.47 Å². The molecule has 46 valence electrons. The van der Waals surface area contributed by atoms with E-state index >= 15 is 0 Å². The standard InChI is InChI=1S/C5H8O2S/c1-2-6-5-4(1)7-3-8-5/h4-5H,1-3H2/t4-,5-/m1/s1. The van der Waals surface area contributed by atoms with Crippen molar-refractivity contribution in [1.29, 1.82) is 0 Å². The van der Waals surface area contributed by atoms with E-state index in [1.165, 1.54) is 0 Å². The fourth-order valence-corrected chi connectivity index (χ4v) is 2.06. The maximum absolute atomic E-state index is 5.31. The highest BCUT2D eigenvalue weighted by Crippen LogP contribution is 2.33. The van der Waals surface area contributed by atoms with E-state index in [2.05, 4.69) is 0 Å². The van der Waals surface area contributed by atoms with Crippen LogP contribution in [0.4, 0.5) is 0 Å². The summed E-state index contributed by atoms with van der Waals surface area (Å²) in [6.45, 7) is 0.891. The minimum absolute atomic E-state index is 0.370. The zero-order valence-electron chi connectivity index (χ0n) is 4.50. The summed E-state index contributed by atoms with van der Waals surface area (Å²) in [5.74, 6) is 0.829. The second-order valence-corrected chi connectivity index (χ2v) is 3.05. The van der Waals surface area contributed by atoms with Crippen LogP contribution in [0.3, 0.4) is 0 Å². The number of hydrogen-bond acceptors (Lipinski definition) is 3. The van der Waals surface area contributed by atoms with Gasteiger partial charge in [0, 0.05) is 6.42 Å². The van der Waals surface area contributed by atoms with Crippen molar-refractivity contribution in [3.8, 4) is 0 Å². The van der Waals surface area contributed by atoms with E-state index in [0.717, 1.165) is 19.0 Å². The molecule has 0 unspecified atom stereocenters. The third kappa shape index (κ3) is 0.658. The molecule has 0 bridgehead atoms. The van der Waals surface area contributed by atoms with Crippen LogP contribution in [0.5, 0.6) is 0 Å². The summed E-state index contributed by atoms with van der Waals surface area (Å²) in [6.07, 6.45) is 1.51. The molecule has 2 nitrogen and oxygen atoms in total. The Labute approximate surface area is 52.5 Å². The summed E-state index contributed by atoms with van der Waals surface area (Å²) < 4.78 is 10.6. The van der Waals surface area contributed by atoms with Gasteiger partial charge < -0.3 is 9.47 Å². The number of rotatable bonds is 0. The molecular weight excluding hydrogens is 124 g/mol. The van der Waals surface area contributed by atoms with Crippen molar-refractivity contribution in [2.75, 3.05) is 12.5 Å². The highest BCUT2D eigenvalue weighted by Gasteiger charge is 2.34. The molecule has 0 amide bonds. The van der Waals surface area contributed by atoms with Gasteiger partial charge in [-0.05, 0) is 0 Å². The van der Waals surface area contributed by atoms with E-state index in [9.17, 15) is 0 Å². The van der Waals surface area contributed by atoms with E-state index in [1.54, 1.807) is 11.8 Å². The molecule has 0 N–H and O–H groups in total. The average molecular weight is 132 g/mol. The molecule has 0 aliphatic carbocycles. The van der Waals surface area contributed by atoms with Gasteiger partial charge in [-0.15, -0.1) is 0 Å². The molecule has 2 rings (SSSR count). The summed E-state index contributed by atoms with van der Waals surface area (Å²) >= 11 is 1.77. The lowest BCUT2D eigenvalue weighted by Gasteiger charge is -2.01. The average Bonchev–Trinajstić information content (AvgIpc) is 2.15. The van der Waals surface area contributed by atoms with Crippen molar-refractivity contribution < 1.29 is 9.47 Å². The monoisotopic (exact) mass is 132 g/mol. The number of thioether (sulfide) groups is 1. The van der Waals surface area contributed by atoms with Gasteiger partial charge in [-0.1, -0.05) is 11.8 Å². The molecule has 2 fully saturated rings. The third-order valence-corrected chi connectivity index (χ3v) is 2.54. The van der Waals surface area contributed by atoms with Gasteiger partial charge in [0.1, 0.15) is 5.44 Å². The lowest BCUT2D eigenvalue weighted by Crippen LogP contribution is -2.11. The SMILES string of the molecule is C1C[C@H]2OCS[C@H]2O1. The van der Waals surface area contributed by atoms with Gasteiger partial charge in [-0.3, -0.25) is 0 Å². The van der Waals surface area contributed by atoms with Crippen molar-refractivity contribution in [3.63, 3.8) is 0 Å². The second-order valence-electron chi connectivity index (χ2n) is 2.02. The Bertz CT molecular complexity index is 76.4. The van der Waals surface area contributed by atoms with Crippen molar-refractivity contribution in [3.05, 3.63) is 0 Å². The maximum Gasteiger partial charge on any atom is 0.131 e. The third-order valence-electron chi connectivity index (χ3n) is 1.50. The summed E-state index contributed by atoms with van der Waals surface area (Å²) in [6, 6.07) is 0. The van der Waals surface area contributed by atoms with Crippen molar-refractivity contribution in [2.24, 2.45) is 0 Å². The van der Waals surface area contributed by atoms with Crippen LogP contribution in [0.25, 0.3) is 0 Å². The second kappa shape index (κ2) is 1.90. The van der Waals surface area contributed by atoms with Gasteiger partial charge in [-0.25, -0.2) is 0 Å². The lowest BCUT2D eigenvalue weighted by molar-refractivity contribution is 0.0790. The Morgan fingerprint density at radius 2 is 2.38 bits per heavy atom. The molecule has 2 saturated heterocycles. The fourth-order valence-electron chi connectivity index (χ4n) is 1.05. The van der Waals surface area contributed by atoms with Crippen LogP contribution in [-0.2, 0) is 9.47 Å². The minimum atomic E-state index is 0.370. The molecular formula is C5H8O2S. The summed E-state index contributed by atoms with van der Waals surface area (Å²) in [5.41, 5.74) is 0.370. The zero-order valence-corrected chi connectivity index (χ0v) is 5.32. The van der Waals surface area contributed by atoms with Crippen LogP contribution in [0.15, 0.2) is 0 Å². The maximum atomic E-state index is 5.31. The fraction of sp³-hybridized carbons (Fsp3) is 1.00. The number of hydrogen-bond donors (Lipinski definition) is 0. The van der Waals surface area contributed by atoms with Crippen molar-refractivity contribution in [2.45, 2.75) is 18.0 Å². The number of fused-ring (bicyclic) bond motifs is 1. The normalized spacial score (nSPS) is 45.0. The molecule has 0 aromatic carbocycles. The lowest BCUT2D eigenvalue weighted by atomic mass is 10.3. The van der Waals surface area contributed by atoms with E-state index < -0.39 is 0 Å². The van der Waals surface area contributed by atoms with Crippen LogP contribution in [-0.4, -0.2) is 24.1 Å². The Morgan fingerprint density at radius 1 is 1.38 bits per heavy atom. The largest absolute Gasteiger partial charge is 0.365 e. The van der Waals surface area contributed by atoms with Gasteiger partial charge in [0.05, 0.1) is 18.6 Å². The first-order valence-corrected chi connectivity index (χ1v) is 3.86. The summed E-state index contributed by atoms with van der Waals surface area (Å²) in [5, 5.41) is 0. The van der Waals surface area contributed by atoms with Gasteiger partial charge >= 0.3 is 0 Å². The van der Waals surface area contributed by atoms with Crippen LogP contribution in [0, 0.1) is 0 Å². The van der Waals surface area contributed by atoms with Crippen LogP contribution >= 0.6 is 11.8 Å². The van der Waals surface area contributed by atoms with Gasteiger partial charge in [0.2, 0.25) is 0 Å². The van der Waals surface area contributed by atoms with Crippen LogP contribution in [0.1, 0.15) is 6.42 Å². The highest BCUT2D eigenvalue weighted by atomic mass is 32.2. The number of ether oxygens (including phenoxy) is 2.